The molecule has 1 aliphatic heterocycles. The summed E-state index contributed by atoms with van der Waals surface area (Å²) in [4.78, 5) is 17.1. The molecule has 0 unspecified atom stereocenters. The van der Waals surface area contributed by atoms with Gasteiger partial charge in [0.05, 0.1) is 25.7 Å². The zero-order chi connectivity index (χ0) is 19.9. The number of hydrogen-bond acceptors (Lipinski definition) is 7. The van der Waals surface area contributed by atoms with Gasteiger partial charge in [-0.15, -0.1) is 0 Å². The predicted molar refractivity (Wildman–Crippen MR) is 110 cm³/mol. The molecule has 28 heavy (non-hydrogen) atoms. The van der Waals surface area contributed by atoms with E-state index in [2.05, 4.69) is 14.6 Å². The maximum atomic E-state index is 12.8. The molecule has 2 aromatic carbocycles. The number of benzene rings is 2. The second kappa shape index (κ2) is 7.02. The molecule has 0 aliphatic carbocycles. The standard InChI is InChI=1S/C18H18N4O4S2/c1-12-4-6-14(22(23)24)11-17(12)28(25,26)20-13-5-7-15-16(10-13)27-18(19-15)21-8-2-3-9-21/h4-7,10-11,20H,2-3,8-9H2,1H3. The molecule has 0 radical (unpaired) electrons. The summed E-state index contributed by atoms with van der Waals surface area (Å²) in [7, 11) is -3.96. The number of nitro benzene ring substituents is 1. The Bertz CT molecular complexity index is 1170. The Kier molecular flexibility index (Phi) is 4.68. The molecular formula is C18H18N4O4S2. The first-order valence-corrected chi connectivity index (χ1v) is 11.1. The van der Waals surface area contributed by atoms with Crippen LogP contribution in [-0.2, 0) is 10.0 Å². The average molecular weight is 419 g/mol. The Morgan fingerprint density at radius 1 is 1.18 bits per heavy atom. The van der Waals surface area contributed by atoms with Gasteiger partial charge in [-0.2, -0.15) is 0 Å². The van der Waals surface area contributed by atoms with Crippen molar-refractivity contribution >= 4 is 48.1 Å². The molecule has 0 atom stereocenters. The van der Waals surface area contributed by atoms with Crippen molar-refractivity contribution in [1.29, 1.82) is 0 Å². The second-order valence-electron chi connectivity index (χ2n) is 6.69. The molecule has 10 heteroatoms. The zero-order valence-electron chi connectivity index (χ0n) is 15.1. The number of nitro groups is 1. The number of anilines is 2. The van der Waals surface area contributed by atoms with Gasteiger partial charge in [-0.05, 0) is 43.5 Å². The van der Waals surface area contributed by atoms with E-state index in [1.807, 2.05) is 0 Å². The minimum atomic E-state index is -3.96. The maximum absolute atomic E-state index is 12.8. The summed E-state index contributed by atoms with van der Waals surface area (Å²) < 4.78 is 29.0. The lowest BCUT2D eigenvalue weighted by Crippen LogP contribution is -2.16. The molecule has 0 bridgehead atoms. The molecular weight excluding hydrogens is 400 g/mol. The smallest absolute Gasteiger partial charge is 0.270 e. The summed E-state index contributed by atoms with van der Waals surface area (Å²) in [5.41, 5.74) is 1.39. The van der Waals surface area contributed by atoms with E-state index < -0.39 is 14.9 Å². The fourth-order valence-electron chi connectivity index (χ4n) is 3.22. The van der Waals surface area contributed by atoms with Crippen molar-refractivity contribution < 1.29 is 13.3 Å². The van der Waals surface area contributed by atoms with Crippen molar-refractivity contribution in [1.82, 2.24) is 4.98 Å². The van der Waals surface area contributed by atoms with Crippen LogP contribution in [0.15, 0.2) is 41.3 Å². The third-order valence-electron chi connectivity index (χ3n) is 4.68. The summed E-state index contributed by atoms with van der Waals surface area (Å²) in [5.74, 6) is 0. The quantitative estimate of drug-likeness (QED) is 0.497. The van der Waals surface area contributed by atoms with Gasteiger partial charge in [0.15, 0.2) is 5.13 Å². The lowest BCUT2D eigenvalue weighted by atomic mass is 10.2. The van der Waals surface area contributed by atoms with Crippen LogP contribution in [0.1, 0.15) is 18.4 Å². The highest BCUT2D eigenvalue weighted by atomic mass is 32.2. The van der Waals surface area contributed by atoms with Gasteiger partial charge in [0.2, 0.25) is 0 Å². The van der Waals surface area contributed by atoms with Gasteiger partial charge < -0.3 is 4.90 Å². The molecule has 4 rings (SSSR count). The van der Waals surface area contributed by atoms with Crippen molar-refractivity contribution in [2.75, 3.05) is 22.7 Å². The third kappa shape index (κ3) is 3.52. The first-order chi connectivity index (χ1) is 13.3. The van der Waals surface area contributed by atoms with E-state index in [9.17, 15) is 18.5 Å². The minimum Gasteiger partial charge on any atom is -0.348 e. The summed E-state index contributed by atoms with van der Waals surface area (Å²) in [6, 6.07) is 8.98. The van der Waals surface area contributed by atoms with Gasteiger partial charge in [0.25, 0.3) is 15.7 Å². The first kappa shape index (κ1) is 18.6. The summed E-state index contributed by atoms with van der Waals surface area (Å²) in [6.45, 7) is 3.59. The Labute approximate surface area is 166 Å². The van der Waals surface area contributed by atoms with E-state index in [4.69, 9.17) is 0 Å². The molecule has 8 nitrogen and oxygen atoms in total. The van der Waals surface area contributed by atoms with Crippen LogP contribution in [0.3, 0.4) is 0 Å². The largest absolute Gasteiger partial charge is 0.348 e. The molecule has 1 saturated heterocycles. The molecule has 1 N–H and O–H groups in total. The molecule has 0 amide bonds. The van der Waals surface area contributed by atoms with Crippen LogP contribution < -0.4 is 9.62 Å². The average Bonchev–Trinajstić information content (AvgIpc) is 3.30. The van der Waals surface area contributed by atoms with E-state index in [1.54, 1.807) is 25.1 Å². The summed E-state index contributed by atoms with van der Waals surface area (Å²) in [5, 5.41) is 11.9. The first-order valence-electron chi connectivity index (χ1n) is 8.77. The van der Waals surface area contributed by atoms with Crippen molar-refractivity contribution in [3.8, 4) is 0 Å². The lowest BCUT2D eigenvalue weighted by molar-refractivity contribution is -0.385. The number of nitrogens with zero attached hydrogens (tertiary/aromatic N) is 3. The van der Waals surface area contributed by atoms with Crippen LogP contribution in [0, 0.1) is 17.0 Å². The van der Waals surface area contributed by atoms with Crippen molar-refractivity contribution in [2.45, 2.75) is 24.7 Å². The molecule has 1 fully saturated rings. The number of rotatable bonds is 5. The Hall–Kier alpha value is -2.72. The van der Waals surface area contributed by atoms with Crippen LogP contribution in [0.2, 0.25) is 0 Å². The van der Waals surface area contributed by atoms with Gasteiger partial charge in [-0.1, -0.05) is 17.4 Å². The number of fused-ring (bicyclic) bond motifs is 1. The van der Waals surface area contributed by atoms with Crippen LogP contribution in [0.5, 0.6) is 0 Å². The molecule has 2 heterocycles. The van der Waals surface area contributed by atoms with E-state index >= 15 is 0 Å². The topological polar surface area (TPSA) is 105 Å². The molecule has 1 aliphatic rings. The fraction of sp³-hybridized carbons (Fsp3) is 0.278. The van der Waals surface area contributed by atoms with Crippen LogP contribution in [0.25, 0.3) is 10.2 Å². The number of thiazole rings is 1. The van der Waals surface area contributed by atoms with Crippen LogP contribution in [-0.4, -0.2) is 31.4 Å². The number of non-ortho nitro benzene ring substituents is 1. The number of aryl methyl sites for hydroxylation is 1. The van der Waals surface area contributed by atoms with E-state index in [1.165, 1.54) is 23.5 Å². The number of aromatic nitrogens is 1. The monoisotopic (exact) mass is 418 g/mol. The zero-order valence-corrected chi connectivity index (χ0v) is 16.7. The van der Waals surface area contributed by atoms with Crippen LogP contribution >= 0.6 is 11.3 Å². The van der Waals surface area contributed by atoms with Crippen molar-refractivity contribution in [2.24, 2.45) is 0 Å². The van der Waals surface area contributed by atoms with Gasteiger partial charge >= 0.3 is 0 Å². The highest BCUT2D eigenvalue weighted by molar-refractivity contribution is 7.92. The van der Waals surface area contributed by atoms with E-state index in [0.29, 0.717) is 11.3 Å². The highest BCUT2D eigenvalue weighted by Gasteiger charge is 2.21. The summed E-state index contributed by atoms with van der Waals surface area (Å²) in [6.07, 6.45) is 2.31. The van der Waals surface area contributed by atoms with Gasteiger partial charge in [-0.25, -0.2) is 13.4 Å². The number of sulfonamides is 1. The van der Waals surface area contributed by atoms with E-state index in [0.717, 1.165) is 47.3 Å². The second-order valence-corrected chi connectivity index (χ2v) is 9.35. The number of hydrogen-bond donors (Lipinski definition) is 1. The SMILES string of the molecule is Cc1ccc([N+](=O)[O-])cc1S(=O)(=O)Nc1ccc2nc(N3CCCC3)sc2c1. The number of nitrogens with one attached hydrogen (secondary N) is 1. The van der Waals surface area contributed by atoms with Gasteiger partial charge in [-0.3, -0.25) is 14.8 Å². The normalized spacial score (nSPS) is 14.5. The Balaban J connectivity index is 1.65. The lowest BCUT2D eigenvalue weighted by Gasteiger charge is -2.11. The summed E-state index contributed by atoms with van der Waals surface area (Å²) >= 11 is 1.53. The van der Waals surface area contributed by atoms with Gasteiger partial charge in [0.1, 0.15) is 0 Å². The fourth-order valence-corrected chi connectivity index (χ4v) is 5.59. The van der Waals surface area contributed by atoms with Gasteiger partial charge in [0, 0.05) is 25.2 Å². The molecule has 0 saturated carbocycles. The predicted octanol–water partition coefficient (Wildman–Crippen LogP) is 3.91. The Morgan fingerprint density at radius 2 is 1.93 bits per heavy atom. The van der Waals surface area contributed by atoms with Crippen molar-refractivity contribution in [3.63, 3.8) is 0 Å². The maximum Gasteiger partial charge on any atom is 0.270 e. The third-order valence-corrected chi connectivity index (χ3v) is 7.28. The van der Waals surface area contributed by atoms with E-state index in [-0.39, 0.29) is 10.6 Å². The molecule has 146 valence electrons. The molecule has 0 spiro atoms. The van der Waals surface area contributed by atoms with Crippen molar-refractivity contribution in [3.05, 3.63) is 52.1 Å². The molecule has 1 aromatic heterocycles. The molecule has 3 aromatic rings. The minimum absolute atomic E-state index is 0.108. The highest BCUT2D eigenvalue weighted by Crippen LogP contribution is 2.33. The van der Waals surface area contributed by atoms with Crippen LogP contribution in [0.4, 0.5) is 16.5 Å². The Morgan fingerprint density at radius 3 is 2.64 bits per heavy atom.